The van der Waals surface area contributed by atoms with Gasteiger partial charge in [0.2, 0.25) is 5.91 Å². The molecule has 0 bridgehead atoms. The molecular formula is C13H16N4O2. The Hall–Kier alpha value is -2.18. The molecule has 1 aromatic carbocycles. The van der Waals surface area contributed by atoms with Crippen molar-refractivity contribution in [2.75, 3.05) is 11.9 Å². The Morgan fingerprint density at radius 3 is 2.95 bits per heavy atom. The molecule has 1 aromatic heterocycles. The van der Waals surface area contributed by atoms with Gasteiger partial charge in [0.1, 0.15) is 6.04 Å². The Bertz CT molecular complexity index is 580. The second-order valence-electron chi connectivity index (χ2n) is 4.26. The highest BCUT2D eigenvalue weighted by atomic mass is 16.3. The van der Waals surface area contributed by atoms with Crippen LogP contribution in [0.1, 0.15) is 0 Å². The minimum atomic E-state index is -0.915. The molecule has 1 atom stereocenters. The molecule has 4 N–H and O–H groups in total. The zero-order valence-corrected chi connectivity index (χ0v) is 10.6. The number of benzene rings is 1. The second kappa shape index (κ2) is 5.64. The minimum Gasteiger partial charge on any atom is -0.394 e. The maximum atomic E-state index is 11.6. The number of nitrogens with one attached hydrogen (secondary N) is 1. The zero-order chi connectivity index (χ0) is 13.8. The Labute approximate surface area is 110 Å². The van der Waals surface area contributed by atoms with Crippen LogP contribution in [0.25, 0.3) is 11.1 Å². The van der Waals surface area contributed by atoms with Gasteiger partial charge in [-0.3, -0.25) is 9.48 Å². The molecule has 19 heavy (non-hydrogen) atoms. The van der Waals surface area contributed by atoms with Crippen LogP contribution in [0, 0.1) is 0 Å². The molecule has 2 aromatic rings. The average molecular weight is 260 g/mol. The SMILES string of the molecule is Cn1cc(-c2cccc(NC(=O)C(N)CO)c2)cn1. The average Bonchev–Trinajstić information content (AvgIpc) is 2.84. The largest absolute Gasteiger partial charge is 0.394 e. The van der Waals surface area contributed by atoms with Crippen molar-refractivity contribution in [1.29, 1.82) is 0 Å². The lowest BCUT2D eigenvalue weighted by atomic mass is 10.1. The van der Waals surface area contributed by atoms with Crippen molar-refractivity contribution >= 4 is 11.6 Å². The molecule has 0 fully saturated rings. The first-order valence-electron chi connectivity index (χ1n) is 5.86. The quantitative estimate of drug-likeness (QED) is 0.739. The van der Waals surface area contributed by atoms with Crippen LogP contribution in [0.2, 0.25) is 0 Å². The number of nitrogens with two attached hydrogens (primary N) is 1. The smallest absolute Gasteiger partial charge is 0.243 e. The van der Waals surface area contributed by atoms with Crippen molar-refractivity contribution in [3.63, 3.8) is 0 Å². The number of carbonyl (C=O) groups excluding carboxylic acids is 1. The molecule has 0 spiro atoms. The molecule has 100 valence electrons. The summed E-state index contributed by atoms with van der Waals surface area (Å²) in [4.78, 5) is 11.6. The first-order chi connectivity index (χ1) is 9.10. The van der Waals surface area contributed by atoms with Crippen LogP contribution in [0.5, 0.6) is 0 Å². The van der Waals surface area contributed by atoms with E-state index in [9.17, 15) is 4.79 Å². The lowest BCUT2D eigenvalue weighted by molar-refractivity contribution is -0.118. The van der Waals surface area contributed by atoms with E-state index in [0.29, 0.717) is 5.69 Å². The summed E-state index contributed by atoms with van der Waals surface area (Å²) in [5, 5.41) is 15.6. The molecule has 0 aliphatic carbocycles. The molecule has 2 rings (SSSR count). The van der Waals surface area contributed by atoms with E-state index in [4.69, 9.17) is 10.8 Å². The van der Waals surface area contributed by atoms with Gasteiger partial charge >= 0.3 is 0 Å². The molecule has 0 aliphatic heterocycles. The summed E-state index contributed by atoms with van der Waals surface area (Å²) in [7, 11) is 1.84. The summed E-state index contributed by atoms with van der Waals surface area (Å²) in [6.07, 6.45) is 3.64. The van der Waals surface area contributed by atoms with Gasteiger partial charge in [0.05, 0.1) is 12.8 Å². The number of anilines is 1. The van der Waals surface area contributed by atoms with Gasteiger partial charge in [-0.1, -0.05) is 12.1 Å². The number of hydrogen-bond acceptors (Lipinski definition) is 4. The number of aliphatic hydroxyl groups is 1. The second-order valence-corrected chi connectivity index (χ2v) is 4.26. The Morgan fingerprint density at radius 2 is 2.32 bits per heavy atom. The molecule has 6 heteroatoms. The third-order valence-corrected chi connectivity index (χ3v) is 2.70. The van der Waals surface area contributed by atoms with Gasteiger partial charge in [0, 0.05) is 24.5 Å². The summed E-state index contributed by atoms with van der Waals surface area (Å²) < 4.78 is 1.71. The normalized spacial score (nSPS) is 12.2. The van der Waals surface area contributed by atoms with E-state index in [-0.39, 0.29) is 6.61 Å². The predicted molar refractivity (Wildman–Crippen MR) is 72.3 cm³/mol. The molecule has 1 unspecified atom stereocenters. The van der Waals surface area contributed by atoms with Crippen LogP contribution in [0.3, 0.4) is 0 Å². The highest BCUT2D eigenvalue weighted by Gasteiger charge is 2.12. The molecule has 6 nitrogen and oxygen atoms in total. The van der Waals surface area contributed by atoms with Gasteiger partial charge in [-0.15, -0.1) is 0 Å². The summed E-state index contributed by atoms with van der Waals surface area (Å²) in [6.45, 7) is -0.381. The van der Waals surface area contributed by atoms with Gasteiger partial charge in [-0.2, -0.15) is 5.10 Å². The number of aromatic nitrogens is 2. The summed E-state index contributed by atoms with van der Waals surface area (Å²) in [6, 6.07) is 6.45. The third kappa shape index (κ3) is 3.18. The molecule has 0 aliphatic rings. The van der Waals surface area contributed by atoms with E-state index in [0.717, 1.165) is 11.1 Å². The Morgan fingerprint density at radius 1 is 1.53 bits per heavy atom. The number of amides is 1. The van der Waals surface area contributed by atoms with E-state index in [2.05, 4.69) is 10.4 Å². The van der Waals surface area contributed by atoms with E-state index < -0.39 is 11.9 Å². The number of carbonyl (C=O) groups is 1. The van der Waals surface area contributed by atoms with Crippen molar-refractivity contribution in [2.45, 2.75) is 6.04 Å². The van der Waals surface area contributed by atoms with Gasteiger partial charge in [-0.05, 0) is 17.7 Å². The first-order valence-corrected chi connectivity index (χ1v) is 5.86. The van der Waals surface area contributed by atoms with Crippen molar-refractivity contribution in [3.8, 4) is 11.1 Å². The van der Waals surface area contributed by atoms with Crippen molar-refractivity contribution in [2.24, 2.45) is 12.8 Å². The van der Waals surface area contributed by atoms with Crippen LogP contribution in [0.4, 0.5) is 5.69 Å². The van der Waals surface area contributed by atoms with E-state index in [1.165, 1.54) is 0 Å². The molecule has 0 saturated carbocycles. The van der Waals surface area contributed by atoms with Crippen molar-refractivity contribution in [1.82, 2.24) is 9.78 Å². The first kappa shape index (κ1) is 13.3. The molecule has 1 amide bonds. The lowest BCUT2D eigenvalue weighted by Gasteiger charge is -2.10. The number of nitrogens with zero attached hydrogens (tertiary/aromatic N) is 2. The van der Waals surface area contributed by atoms with E-state index in [1.54, 1.807) is 16.9 Å². The van der Waals surface area contributed by atoms with E-state index >= 15 is 0 Å². The van der Waals surface area contributed by atoms with Gasteiger partial charge in [0.15, 0.2) is 0 Å². The summed E-state index contributed by atoms with van der Waals surface area (Å²) >= 11 is 0. The fraction of sp³-hybridized carbons (Fsp3) is 0.231. The standard InChI is InChI=1S/C13H16N4O2/c1-17-7-10(6-15-17)9-3-2-4-11(5-9)16-13(19)12(14)8-18/h2-7,12,18H,8,14H2,1H3,(H,16,19). The number of rotatable bonds is 4. The molecule has 0 radical (unpaired) electrons. The highest BCUT2D eigenvalue weighted by molar-refractivity contribution is 5.95. The van der Waals surface area contributed by atoms with Crippen LogP contribution in [0.15, 0.2) is 36.7 Å². The Kier molecular flexibility index (Phi) is 3.94. The van der Waals surface area contributed by atoms with Crippen LogP contribution < -0.4 is 11.1 Å². The zero-order valence-electron chi connectivity index (χ0n) is 10.6. The maximum absolute atomic E-state index is 11.6. The topological polar surface area (TPSA) is 93.2 Å². The van der Waals surface area contributed by atoms with E-state index in [1.807, 2.05) is 31.4 Å². The fourth-order valence-corrected chi connectivity index (χ4v) is 1.66. The van der Waals surface area contributed by atoms with Crippen LogP contribution >= 0.6 is 0 Å². The van der Waals surface area contributed by atoms with Crippen molar-refractivity contribution in [3.05, 3.63) is 36.7 Å². The lowest BCUT2D eigenvalue weighted by Crippen LogP contribution is -2.38. The number of aliphatic hydroxyl groups excluding tert-OH is 1. The predicted octanol–water partition coefficient (Wildman–Crippen LogP) is 0.345. The number of aryl methyl sites for hydroxylation is 1. The monoisotopic (exact) mass is 260 g/mol. The maximum Gasteiger partial charge on any atom is 0.243 e. The van der Waals surface area contributed by atoms with Crippen molar-refractivity contribution < 1.29 is 9.90 Å². The Balaban J connectivity index is 2.18. The number of hydrogen-bond donors (Lipinski definition) is 3. The molecular weight excluding hydrogens is 244 g/mol. The summed E-state index contributed by atoms with van der Waals surface area (Å²) in [5.41, 5.74) is 7.99. The summed E-state index contributed by atoms with van der Waals surface area (Å²) in [5.74, 6) is -0.411. The van der Waals surface area contributed by atoms with Gasteiger partial charge < -0.3 is 16.2 Å². The molecule has 0 saturated heterocycles. The highest BCUT2D eigenvalue weighted by Crippen LogP contribution is 2.21. The minimum absolute atomic E-state index is 0.381. The molecule has 1 heterocycles. The van der Waals surface area contributed by atoms with Gasteiger partial charge in [0.25, 0.3) is 0 Å². The van der Waals surface area contributed by atoms with Crippen LogP contribution in [-0.4, -0.2) is 33.4 Å². The third-order valence-electron chi connectivity index (χ3n) is 2.70. The van der Waals surface area contributed by atoms with Gasteiger partial charge in [-0.25, -0.2) is 0 Å². The fourth-order valence-electron chi connectivity index (χ4n) is 1.66. The van der Waals surface area contributed by atoms with Crippen LogP contribution in [-0.2, 0) is 11.8 Å².